The number of alkyl halides is 3. The molecule has 0 aliphatic rings. The van der Waals surface area contributed by atoms with Crippen LogP contribution in [-0.4, -0.2) is 29.6 Å². The van der Waals surface area contributed by atoms with E-state index in [1.165, 1.54) is 0 Å². The number of benzene rings is 3. The molecule has 10 heteroatoms. The molecule has 0 aliphatic heterocycles. The Bertz CT molecular complexity index is 1190. The number of aliphatic carboxylic acids is 1. The number of nitrogens with two attached hydrogens (primary N) is 1. The lowest BCUT2D eigenvalue weighted by Gasteiger charge is -2.18. The van der Waals surface area contributed by atoms with Gasteiger partial charge < -0.3 is 20.9 Å². The number of carboxylic acid groups (broad SMARTS) is 1. The summed E-state index contributed by atoms with van der Waals surface area (Å²) in [5.41, 5.74) is 7.18. The van der Waals surface area contributed by atoms with Crippen LogP contribution in [0.5, 0.6) is 5.75 Å². The van der Waals surface area contributed by atoms with Gasteiger partial charge in [0, 0.05) is 10.9 Å². The number of halogens is 4. The van der Waals surface area contributed by atoms with Gasteiger partial charge in [-0.2, -0.15) is 13.2 Å². The summed E-state index contributed by atoms with van der Waals surface area (Å²) in [7, 11) is 0. The van der Waals surface area contributed by atoms with Gasteiger partial charge in [0.05, 0.1) is 30.3 Å². The lowest BCUT2D eigenvalue weighted by atomic mass is 10.0. The Kier molecular flexibility index (Phi) is 8.52. The summed E-state index contributed by atoms with van der Waals surface area (Å²) in [6.07, 6.45) is -5.04. The van der Waals surface area contributed by atoms with E-state index in [-0.39, 0.29) is 16.8 Å². The van der Waals surface area contributed by atoms with E-state index in [1.807, 2.05) is 54.6 Å². The summed E-state index contributed by atoms with van der Waals surface area (Å²) in [5, 5.41) is 11.0. The van der Waals surface area contributed by atoms with Crippen LogP contribution < -0.4 is 15.8 Å². The van der Waals surface area contributed by atoms with Gasteiger partial charge in [-0.25, -0.2) is 0 Å². The van der Waals surface area contributed by atoms with Gasteiger partial charge in [-0.05, 0) is 44.8 Å². The normalized spacial score (nSPS) is 12.1. The number of anilines is 1. The Morgan fingerprint density at radius 2 is 1.66 bits per heavy atom. The third-order valence-electron chi connectivity index (χ3n) is 5.07. The number of rotatable bonds is 9. The van der Waals surface area contributed by atoms with Crippen molar-refractivity contribution in [3.05, 3.63) is 82.3 Å². The first-order valence-corrected chi connectivity index (χ1v) is 11.3. The van der Waals surface area contributed by atoms with E-state index in [0.717, 1.165) is 28.8 Å². The van der Waals surface area contributed by atoms with Gasteiger partial charge >= 0.3 is 12.1 Å². The molecular formula is C25H22BrF3N2O4. The van der Waals surface area contributed by atoms with Gasteiger partial charge in [0.15, 0.2) is 0 Å². The molecule has 0 saturated carbocycles. The first kappa shape index (κ1) is 26.2. The Labute approximate surface area is 208 Å². The zero-order chi connectivity index (χ0) is 25.6. The summed E-state index contributed by atoms with van der Waals surface area (Å²) in [5.74, 6) is -2.63. The molecule has 1 amide bonds. The summed E-state index contributed by atoms with van der Waals surface area (Å²) < 4.78 is 46.6. The first-order chi connectivity index (χ1) is 16.5. The van der Waals surface area contributed by atoms with Crippen LogP contribution in [0, 0.1) is 0 Å². The fourth-order valence-corrected chi connectivity index (χ4v) is 3.69. The van der Waals surface area contributed by atoms with Crippen LogP contribution >= 0.6 is 15.9 Å². The van der Waals surface area contributed by atoms with Gasteiger partial charge in [-0.15, -0.1) is 0 Å². The Balaban J connectivity index is 1.70. The van der Waals surface area contributed by atoms with E-state index >= 15 is 0 Å². The molecule has 0 unspecified atom stereocenters. The molecule has 3 aromatic carbocycles. The van der Waals surface area contributed by atoms with E-state index in [9.17, 15) is 22.8 Å². The molecule has 0 heterocycles. The maximum absolute atomic E-state index is 13.7. The lowest BCUT2D eigenvalue weighted by molar-refractivity contribution is -0.139. The molecule has 0 radical (unpaired) electrons. The zero-order valence-electron chi connectivity index (χ0n) is 18.3. The van der Waals surface area contributed by atoms with E-state index < -0.39 is 41.8 Å². The Hall–Kier alpha value is -3.37. The molecule has 184 valence electrons. The van der Waals surface area contributed by atoms with Crippen molar-refractivity contribution in [1.82, 2.24) is 0 Å². The van der Waals surface area contributed by atoms with Crippen molar-refractivity contribution in [3.8, 4) is 16.9 Å². The van der Waals surface area contributed by atoms with E-state index in [2.05, 4.69) is 21.2 Å². The molecule has 0 bridgehead atoms. The number of carboxylic acids is 1. The van der Waals surface area contributed by atoms with E-state index in [0.29, 0.717) is 6.42 Å². The molecule has 1 atom stereocenters. The highest BCUT2D eigenvalue weighted by Gasteiger charge is 2.35. The van der Waals surface area contributed by atoms with Gasteiger partial charge in [-0.1, -0.05) is 54.6 Å². The minimum Gasteiger partial charge on any atom is -0.493 e. The van der Waals surface area contributed by atoms with Crippen LogP contribution in [0.4, 0.5) is 18.9 Å². The molecule has 3 aromatic rings. The molecule has 4 N–H and O–H groups in total. The molecule has 0 saturated heterocycles. The largest absolute Gasteiger partial charge is 0.493 e. The predicted molar refractivity (Wildman–Crippen MR) is 129 cm³/mol. The number of carbonyl (C=O) groups is 2. The highest BCUT2D eigenvalue weighted by molar-refractivity contribution is 9.10. The summed E-state index contributed by atoms with van der Waals surface area (Å²) in [4.78, 5) is 22.8. The van der Waals surface area contributed by atoms with Crippen LogP contribution in [0.1, 0.15) is 17.5 Å². The predicted octanol–water partition coefficient (Wildman–Crippen LogP) is 5.50. The fraction of sp³-hybridized carbons (Fsp3) is 0.200. The molecule has 0 fully saturated rings. The van der Waals surface area contributed by atoms with Gasteiger partial charge in [-0.3, -0.25) is 9.59 Å². The van der Waals surface area contributed by atoms with Gasteiger partial charge in [0.2, 0.25) is 5.91 Å². The van der Waals surface area contributed by atoms with Crippen molar-refractivity contribution in [1.29, 1.82) is 0 Å². The molecule has 35 heavy (non-hydrogen) atoms. The van der Waals surface area contributed by atoms with Crippen molar-refractivity contribution in [2.45, 2.75) is 25.1 Å². The van der Waals surface area contributed by atoms with E-state index in [1.54, 1.807) is 0 Å². The summed E-state index contributed by atoms with van der Waals surface area (Å²) >= 11 is 3.12. The van der Waals surface area contributed by atoms with Crippen molar-refractivity contribution in [2.24, 2.45) is 5.73 Å². The third-order valence-corrected chi connectivity index (χ3v) is 5.73. The highest BCUT2D eigenvalue weighted by atomic mass is 79.9. The Morgan fingerprint density at radius 3 is 2.26 bits per heavy atom. The summed E-state index contributed by atoms with van der Waals surface area (Å²) in [6.45, 7) is -0.00457. The van der Waals surface area contributed by atoms with Crippen LogP contribution in [0.25, 0.3) is 11.1 Å². The van der Waals surface area contributed by atoms with Gasteiger partial charge in [0.1, 0.15) is 5.75 Å². The maximum Gasteiger partial charge on any atom is 0.420 e. The topological polar surface area (TPSA) is 102 Å². The molecule has 3 rings (SSSR count). The van der Waals surface area contributed by atoms with Crippen molar-refractivity contribution in [3.63, 3.8) is 0 Å². The van der Waals surface area contributed by atoms with E-state index in [4.69, 9.17) is 15.6 Å². The number of hydrogen-bond donors (Lipinski definition) is 3. The molecule has 0 aliphatic carbocycles. The highest BCUT2D eigenvalue weighted by Crippen LogP contribution is 2.41. The standard InChI is InChI=1S/C25H22BrF3N2O4/c26-19-13-22(18(25(27,28)29)12-21(19)31-24(34)20(30)14-23(32)33)35-11-10-15-6-8-17(9-7-15)16-4-2-1-3-5-16/h1-9,12-13,20H,10-11,14,30H2,(H,31,34)(H,32,33)/t20-/m0/s1. The SMILES string of the molecule is N[C@@H](CC(=O)O)C(=O)Nc1cc(C(F)(F)F)c(OCCc2ccc(-c3ccccc3)cc2)cc1Br. The number of amides is 1. The Morgan fingerprint density at radius 1 is 1.03 bits per heavy atom. The zero-order valence-corrected chi connectivity index (χ0v) is 19.9. The second-order valence-corrected chi connectivity index (χ2v) is 8.54. The minimum atomic E-state index is -4.75. The van der Waals surface area contributed by atoms with Crippen LogP contribution in [0.15, 0.2) is 71.2 Å². The lowest BCUT2D eigenvalue weighted by Crippen LogP contribution is -2.37. The number of nitrogens with one attached hydrogen (secondary N) is 1. The van der Waals surface area contributed by atoms with Crippen LogP contribution in [0.3, 0.4) is 0 Å². The average molecular weight is 551 g/mol. The van der Waals surface area contributed by atoms with Crippen molar-refractivity contribution in [2.75, 3.05) is 11.9 Å². The van der Waals surface area contributed by atoms with Crippen molar-refractivity contribution < 1.29 is 32.6 Å². The quantitative estimate of drug-likeness (QED) is 0.326. The summed E-state index contributed by atoms with van der Waals surface area (Å²) in [6, 6.07) is 17.9. The maximum atomic E-state index is 13.7. The van der Waals surface area contributed by atoms with Crippen LogP contribution in [0.2, 0.25) is 0 Å². The molecule has 0 aromatic heterocycles. The average Bonchev–Trinajstić information content (AvgIpc) is 2.80. The number of hydrogen-bond acceptors (Lipinski definition) is 4. The minimum absolute atomic E-state index is 0.00457. The monoisotopic (exact) mass is 550 g/mol. The molecule has 0 spiro atoms. The molecular weight excluding hydrogens is 529 g/mol. The third kappa shape index (κ3) is 7.30. The van der Waals surface area contributed by atoms with Crippen molar-refractivity contribution >= 4 is 33.5 Å². The second kappa shape index (κ2) is 11.4. The first-order valence-electron chi connectivity index (χ1n) is 10.5. The number of ether oxygens (including phenoxy) is 1. The fourth-order valence-electron chi connectivity index (χ4n) is 3.27. The molecule has 6 nitrogen and oxygen atoms in total. The smallest absolute Gasteiger partial charge is 0.420 e. The number of carbonyl (C=O) groups excluding carboxylic acids is 1. The second-order valence-electron chi connectivity index (χ2n) is 7.68. The van der Waals surface area contributed by atoms with Crippen LogP contribution in [-0.2, 0) is 22.2 Å². The van der Waals surface area contributed by atoms with Gasteiger partial charge in [0.25, 0.3) is 0 Å².